The Balaban J connectivity index is 3.48. The van der Waals surface area contributed by atoms with Crippen molar-refractivity contribution in [3.05, 3.63) is 42.0 Å². The zero-order valence-electron chi connectivity index (χ0n) is 14.4. The highest BCUT2D eigenvalue weighted by Crippen LogP contribution is 2.47. The van der Waals surface area contributed by atoms with Gasteiger partial charge in [-0.1, -0.05) is 36.9 Å². The van der Waals surface area contributed by atoms with E-state index in [1.807, 2.05) is 0 Å². The molecule has 1 aromatic rings. The summed E-state index contributed by atoms with van der Waals surface area (Å²) in [5, 5.41) is 3.11. The van der Waals surface area contributed by atoms with Crippen molar-refractivity contribution in [2.24, 2.45) is 4.40 Å². The molecule has 0 aliphatic rings. The third-order valence-electron chi connectivity index (χ3n) is 4.23. The van der Waals surface area contributed by atoms with Crippen molar-refractivity contribution >= 4 is 32.1 Å². The molecule has 1 aromatic carbocycles. The van der Waals surface area contributed by atoms with Gasteiger partial charge in [-0.05, 0) is 31.9 Å². The molecule has 0 aromatic heterocycles. The van der Waals surface area contributed by atoms with Gasteiger partial charge < -0.3 is 9.66 Å². The maximum atomic E-state index is 14.8. The van der Waals surface area contributed by atoms with Gasteiger partial charge in [0, 0.05) is 5.90 Å². The zero-order valence-corrected chi connectivity index (χ0v) is 16.1. The Hall–Kier alpha value is -1.92. The number of benzene rings is 1. The molecule has 0 aliphatic carbocycles. The van der Waals surface area contributed by atoms with E-state index in [0.29, 0.717) is 5.56 Å². The summed E-state index contributed by atoms with van der Waals surface area (Å²) >= 11 is 0. The molecule has 3 unspecified atom stereocenters. The van der Waals surface area contributed by atoms with Crippen LogP contribution in [0.3, 0.4) is 0 Å². The molecule has 0 aliphatic heterocycles. The van der Waals surface area contributed by atoms with Gasteiger partial charge in [0.15, 0.2) is 0 Å². The molecular weight excluding hydrogens is 411 g/mol. The van der Waals surface area contributed by atoms with Crippen LogP contribution < -0.4 is 5.11 Å². The number of sulfonamides is 1. The standard InChI is InChI=1S/C15H18F3NO6S2/c1-5-10-6-8-11(9-7-10)12(20)19-26(21,22)14(3,17)13(2,16)15(4,18)27(23,24)25/h5-9H,1H2,2-4H3,(H,19,20)(H,23,24,25)/p-2. The summed E-state index contributed by atoms with van der Waals surface area (Å²) in [4.78, 5) is 0. The van der Waals surface area contributed by atoms with Crippen LogP contribution in [0.5, 0.6) is 0 Å². The van der Waals surface area contributed by atoms with Gasteiger partial charge in [-0.3, -0.25) is 0 Å². The van der Waals surface area contributed by atoms with Crippen LogP contribution in [0, 0.1) is 0 Å². The van der Waals surface area contributed by atoms with Crippen molar-refractivity contribution in [2.45, 2.75) is 36.4 Å². The number of halogens is 3. The topological polar surface area (TPSA) is 127 Å². The monoisotopic (exact) mass is 427 g/mol. The van der Waals surface area contributed by atoms with Crippen molar-refractivity contribution < 1.29 is 39.7 Å². The second-order valence-corrected chi connectivity index (χ2v) is 9.56. The Labute approximate surface area is 155 Å². The van der Waals surface area contributed by atoms with Crippen LogP contribution in [0.1, 0.15) is 31.9 Å². The Morgan fingerprint density at radius 1 is 1.04 bits per heavy atom. The van der Waals surface area contributed by atoms with E-state index in [-0.39, 0.29) is 26.3 Å². The quantitative estimate of drug-likeness (QED) is 0.368. The van der Waals surface area contributed by atoms with Gasteiger partial charge in [0.1, 0.15) is 10.1 Å². The van der Waals surface area contributed by atoms with Crippen molar-refractivity contribution in [1.82, 2.24) is 0 Å². The van der Waals surface area contributed by atoms with Crippen LogP contribution >= 0.6 is 0 Å². The predicted octanol–water partition coefficient (Wildman–Crippen LogP) is 1.41. The molecule has 0 spiro atoms. The SMILES string of the molecule is C=Cc1ccc(C([O-])=NS(=O)(=O)C(C)(F)C(C)(F)C(C)(F)S(=O)(=O)[O-])cc1. The van der Waals surface area contributed by atoms with Gasteiger partial charge in [-0.2, -0.15) is 4.40 Å². The van der Waals surface area contributed by atoms with Crippen LogP contribution in [0.25, 0.3) is 6.08 Å². The molecule has 0 radical (unpaired) electrons. The van der Waals surface area contributed by atoms with Gasteiger partial charge in [0.2, 0.25) is 10.7 Å². The van der Waals surface area contributed by atoms with Crippen molar-refractivity contribution in [1.29, 1.82) is 0 Å². The molecule has 0 heterocycles. The number of nitrogens with zero attached hydrogens (tertiary/aromatic N) is 1. The number of hydrogen-bond donors (Lipinski definition) is 0. The second-order valence-electron chi connectivity index (χ2n) is 5.99. The van der Waals surface area contributed by atoms with E-state index in [1.54, 1.807) is 0 Å². The van der Waals surface area contributed by atoms with E-state index in [9.17, 15) is 39.7 Å². The number of hydrogen-bond acceptors (Lipinski definition) is 6. The fourth-order valence-electron chi connectivity index (χ4n) is 1.89. The van der Waals surface area contributed by atoms with Crippen LogP contribution in [-0.4, -0.2) is 43.0 Å². The summed E-state index contributed by atoms with van der Waals surface area (Å²) in [6, 6.07) is 4.98. The molecule has 1 rings (SSSR count). The summed E-state index contributed by atoms with van der Waals surface area (Å²) in [5.41, 5.74) is -4.15. The summed E-state index contributed by atoms with van der Waals surface area (Å²) in [7, 11) is -11.9. The molecule has 0 saturated carbocycles. The van der Waals surface area contributed by atoms with Crippen molar-refractivity contribution in [3.63, 3.8) is 0 Å². The van der Waals surface area contributed by atoms with E-state index in [0.717, 1.165) is 12.1 Å². The fourth-order valence-corrected chi connectivity index (χ4v) is 3.78. The summed E-state index contributed by atoms with van der Waals surface area (Å²) in [6.45, 7) is 3.27. The number of rotatable bonds is 7. The van der Waals surface area contributed by atoms with Gasteiger partial charge in [-0.25, -0.2) is 30.0 Å². The predicted molar refractivity (Wildman–Crippen MR) is 90.2 cm³/mol. The van der Waals surface area contributed by atoms with E-state index >= 15 is 0 Å². The average molecular weight is 427 g/mol. The molecule has 7 nitrogen and oxygen atoms in total. The lowest BCUT2D eigenvalue weighted by Crippen LogP contribution is -2.62. The maximum absolute atomic E-state index is 14.8. The van der Waals surface area contributed by atoms with Crippen LogP contribution in [-0.2, 0) is 20.1 Å². The third-order valence-corrected chi connectivity index (χ3v) is 7.31. The Kier molecular flexibility index (Phi) is 5.92. The smallest absolute Gasteiger partial charge is 0.291 e. The molecule has 0 N–H and O–H groups in total. The molecule has 0 amide bonds. The van der Waals surface area contributed by atoms with Crippen LogP contribution in [0.4, 0.5) is 13.2 Å². The highest BCUT2D eigenvalue weighted by molar-refractivity contribution is 7.91. The van der Waals surface area contributed by atoms with Crippen molar-refractivity contribution in [2.75, 3.05) is 0 Å². The molecular formula is C15H16F3NO6S2-2. The highest BCUT2D eigenvalue weighted by atomic mass is 32.2. The third kappa shape index (κ3) is 3.87. The summed E-state index contributed by atoms with van der Waals surface area (Å²) < 4.78 is 103. The van der Waals surface area contributed by atoms with Gasteiger partial charge >= 0.3 is 0 Å². The van der Waals surface area contributed by atoms with E-state index in [1.165, 1.54) is 18.2 Å². The van der Waals surface area contributed by atoms with Crippen LogP contribution in [0.15, 0.2) is 35.2 Å². The first-order valence-electron chi connectivity index (χ1n) is 7.19. The molecule has 0 bridgehead atoms. The fraction of sp³-hybridized carbons (Fsp3) is 0.400. The van der Waals surface area contributed by atoms with E-state index in [4.69, 9.17) is 0 Å². The number of alkyl halides is 3. The Morgan fingerprint density at radius 3 is 1.85 bits per heavy atom. The lowest BCUT2D eigenvalue weighted by molar-refractivity contribution is -0.212. The molecule has 0 saturated heterocycles. The molecule has 27 heavy (non-hydrogen) atoms. The first-order chi connectivity index (χ1) is 11.9. The second kappa shape index (κ2) is 6.91. The lowest BCUT2D eigenvalue weighted by Gasteiger charge is -2.41. The van der Waals surface area contributed by atoms with Gasteiger partial charge in [0.05, 0.1) is 0 Å². The summed E-state index contributed by atoms with van der Waals surface area (Å²) in [6.07, 6.45) is 1.42. The zero-order chi connectivity index (χ0) is 21.5. The lowest BCUT2D eigenvalue weighted by atomic mass is 9.97. The Morgan fingerprint density at radius 2 is 1.48 bits per heavy atom. The molecule has 0 fully saturated rings. The maximum Gasteiger partial charge on any atom is 0.291 e. The normalized spacial score (nSPS) is 20.2. The first-order valence-corrected chi connectivity index (χ1v) is 10.0. The van der Waals surface area contributed by atoms with Gasteiger partial charge in [-0.15, -0.1) is 0 Å². The highest BCUT2D eigenvalue weighted by Gasteiger charge is 2.68. The van der Waals surface area contributed by atoms with E-state index < -0.39 is 41.7 Å². The molecule has 3 atom stereocenters. The molecule has 12 heteroatoms. The Bertz CT molecular complexity index is 965. The average Bonchev–Trinajstić information content (AvgIpc) is 2.52. The largest absolute Gasteiger partial charge is 0.858 e. The first kappa shape index (κ1) is 23.1. The minimum Gasteiger partial charge on any atom is -0.858 e. The van der Waals surface area contributed by atoms with Gasteiger partial charge in [0.25, 0.3) is 15.0 Å². The van der Waals surface area contributed by atoms with Crippen LogP contribution in [0.2, 0.25) is 0 Å². The molecule has 152 valence electrons. The minimum atomic E-state index is -6.12. The summed E-state index contributed by atoms with van der Waals surface area (Å²) in [5.74, 6) is -1.50. The minimum absolute atomic E-state index is 0.0249. The van der Waals surface area contributed by atoms with E-state index in [2.05, 4.69) is 11.0 Å². The van der Waals surface area contributed by atoms with Crippen molar-refractivity contribution in [3.8, 4) is 0 Å².